The molecule has 1 saturated heterocycles. The largest absolute Gasteiger partial charge is 0.489 e. The highest BCUT2D eigenvalue weighted by Crippen LogP contribution is 2.27. The highest BCUT2D eigenvalue weighted by Gasteiger charge is 2.20. The molecule has 1 aromatic carbocycles. The van der Waals surface area contributed by atoms with Crippen LogP contribution in [0, 0.1) is 6.92 Å². The number of carbonyl (C=O) groups excluding carboxylic acids is 1. The van der Waals surface area contributed by atoms with Gasteiger partial charge in [0.15, 0.2) is 0 Å². The lowest BCUT2D eigenvalue weighted by atomic mass is 10.2. The second kappa shape index (κ2) is 8.84. The zero-order chi connectivity index (χ0) is 19.2. The predicted octanol–water partition coefficient (Wildman–Crippen LogP) is 4.33. The summed E-state index contributed by atoms with van der Waals surface area (Å²) >= 11 is 0. The van der Waals surface area contributed by atoms with E-state index >= 15 is 0 Å². The minimum atomic E-state index is -0.0165. The van der Waals surface area contributed by atoms with Gasteiger partial charge in [0.25, 0.3) is 5.91 Å². The van der Waals surface area contributed by atoms with Crippen LogP contribution in [0.1, 0.15) is 55.7 Å². The van der Waals surface area contributed by atoms with E-state index in [4.69, 9.17) is 4.74 Å². The molecule has 2 aromatic rings. The SMILES string of the molecule is Cc1cc(C(=O)N2CCCCCC2)nc(Nc2ccccc2OC(C)C)n1. The normalized spacial score (nSPS) is 14.7. The van der Waals surface area contributed by atoms with Gasteiger partial charge in [0, 0.05) is 18.8 Å². The monoisotopic (exact) mass is 368 g/mol. The molecule has 1 aliphatic rings. The van der Waals surface area contributed by atoms with Crippen molar-refractivity contribution < 1.29 is 9.53 Å². The van der Waals surface area contributed by atoms with Gasteiger partial charge in [0.1, 0.15) is 11.4 Å². The van der Waals surface area contributed by atoms with Gasteiger partial charge in [0.05, 0.1) is 11.8 Å². The number of ether oxygens (including phenoxy) is 1. The van der Waals surface area contributed by atoms with Gasteiger partial charge >= 0.3 is 0 Å². The molecule has 0 saturated carbocycles. The smallest absolute Gasteiger partial charge is 0.272 e. The maximum Gasteiger partial charge on any atom is 0.272 e. The maximum atomic E-state index is 12.9. The summed E-state index contributed by atoms with van der Waals surface area (Å²) < 4.78 is 5.84. The topological polar surface area (TPSA) is 67.4 Å². The molecule has 0 atom stereocenters. The Morgan fingerprint density at radius 2 is 1.81 bits per heavy atom. The van der Waals surface area contributed by atoms with Crippen LogP contribution in [0.2, 0.25) is 0 Å². The number of benzene rings is 1. The van der Waals surface area contributed by atoms with E-state index in [9.17, 15) is 4.79 Å². The number of carbonyl (C=O) groups is 1. The molecule has 1 N–H and O–H groups in total. The lowest BCUT2D eigenvalue weighted by molar-refractivity contribution is 0.0755. The fourth-order valence-corrected chi connectivity index (χ4v) is 3.22. The van der Waals surface area contributed by atoms with Gasteiger partial charge in [-0.05, 0) is 51.8 Å². The number of amides is 1. The van der Waals surface area contributed by atoms with Crippen molar-refractivity contribution >= 4 is 17.5 Å². The van der Waals surface area contributed by atoms with Crippen LogP contribution in [-0.2, 0) is 0 Å². The molecule has 27 heavy (non-hydrogen) atoms. The zero-order valence-electron chi connectivity index (χ0n) is 16.4. The second-order valence-electron chi connectivity index (χ2n) is 7.21. The summed E-state index contributed by atoms with van der Waals surface area (Å²) in [6, 6.07) is 9.43. The van der Waals surface area contributed by atoms with E-state index in [2.05, 4.69) is 15.3 Å². The number of para-hydroxylation sites is 2. The lowest BCUT2D eigenvalue weighted by Gasteiger charge is -2.20. The third-order valence-electron chi connectivity index (χ3n) is 4.46. The minimum absolute atomic E-state index is 0.0165. The molecule has 2 heterocycles. The van der Waals surface area contributed by atoms with E-state index in [1.54, 1.807) is 6.07 Å². The third-order valence-corrected chi connectivity index (χ3v) is 4.46. The highest BCUT2D eigenvalue weighted by molar-refractivity contribution is 5.92. The number of nitrogens with zero attached hydrogens (tertiary/aromatic N) is 3. The molecule has 6 heteroatoms. The number of aryl methyl sites for hydroxylation is 1. The van der Waals surface area contributed by atoms with E-state index in [-0.39, 0.29) is 12.0 Å². The van der Waals surface area contributed by atoms with Crippen LogP contribution >= 0.6 is 0 Å². The summed E-state index contributed by atoms with van der Waals surface area (Å²) in [6.07, 6.45) is 4.55. The predicted molar refractivity (Wildman–Crippen MR) is 107 cm³/mol. The fourth-order valence-electron chi connectivity index (χ4n) is 3.22. The molecule has 6 nitrogen and oxygen atoms in total. The van der Waals surface area contributed by atoms with Gasteiger partial charge in [-0.15, -0.1) is 0 Å². The van der Waals surface area contributed by atoms with E-state index in [0.29, 0.717) is 11.6 Å². The highest BCUT2D eigenvalue weighted by atomic mass is 16.5. The van der Waals surface area contributed by atoms with Gasteiger partial charge in [-0.1, -0.05) is 25.0 Å². The van der Waals surface area contributed by atoms with E-state index in [1.165, 1.54) is 12.8 Å². The Labute approximate surface area is 161 Å². The van der Waals surface area contributed by atoms with Crippen LogP contribution in [0.4, 0.5) is 11.6 Å². The molecule has 0 spiro atoms. The van der Waals surface area contributed by atoms with Crippen molar-refractivity contribution in [1.29, 1.82) is 0 Å². The molecule has 0 radical (unpaired) electrons. The molecule has 1 aromatic heterocycles. The molecule has 1 amide bonds. The number of likely N-dealkylation sites (tertiary alicyclic amines) is 1. The van der Waals surface area contributed by atoms with Crippen LogP contribution in [0.15, 0.2) is 30.3 Å². The Hall–Kier alpha value is -2.63. The first-order chi connectivity index (χ1) is 13.0. The average Bonchev–Trinajstić information content (AvgIpc) is 2.91. The first-order valence-corrected chi connectivity index (χ1v) is 9.70. The zero-order valence-corrected chi connectivity index (χ0v) is 16.4. The van der Waals surface area contributed by atoms with Gasteiger partial charge in [-0.2, -0.15) is 0 Å². The summed E-state index contributed by atoms with van der Waals surface area (Å²) in [6.45, 7) is 7.45. The summed E-state index contributed by atoms with van der Waals surface area (Å²) in [5.41, 5.74) is 1.98. The van der Waals surface area contributed by atoms with Crippen LogP contribution < -0.4 is 10.1 Å². The molecular formula is C21H28N4O2. The summed E-state index contributed by atoms with van der Waals surface area (Å²) in [7, 11) is 0. The van der Waals surface area contributed by atoms with Gasteiger partial charge in [-0.3, -0.25) is 4.79 Å². The van der Waals surface area contributed by atoms with Crippen LogP contribution in [-0.4, -0.2) is 40.0 Å². The number of hydrogen-bond donors (Lipinski definition) is 1. The molecule has 0 bridgehead atoms. The van der Waals surface area contributed by atoms with Crippen molar-refractivity contribution in [2.75, 3.05) is 18.4 Å². The minimum Gasteiger partial charge on any atom is -0.489 e. The van der Waals surface area contributed by atoms with Crippen molar-refractivity contribution in [3.05, 3.63) is 41.7 Å². The van der Waals surface area contributed by atoms with E-state index in [0.717, 1.165) is 43.1 Å². The number of hydrogen-bond acceptors (Lipinski definition) is 5. The van der Waals surface area contributed by atoms with Crippen molar-refractivity contribution in [3.63, 3.8) is 0 Å². The van der Waals surface area contributed by atoms with Gasteiger partial charge in [0.2, 0.25) is 5.95 Å². The Kier molecular flexibility index (Phi) is 6.27. The quantitative estimate of drug-likeness (QED) is 0.851. The van der Waals surface area contributed by atoms with Crippen LogP contribution in [0.25, 0.3) is 0 Å². The van der Waals surface area contributed by atoms with Crippen LogP contribution in [0.5, 0.6) is 5.75 Å². The summed E-state index contributed by atoms with van der Waals surface area (Å²) in [4.78, 5) is 23.7. The second-order valence-corrected chi connectivity index (χ2v) is 7.21. The number of nitrogens with one attached hydrogen (secondary N) is 1. The number of anilines is 2. The van der Waals surface area contributed by atoms with Gasteiger partial charge < -0.3 is 15.0 Å². The van der Waals surface area contributed by atoms with Crippen molar-refractivity contribution in [3.8, 4) is 5.75 Å². The van der Waals surface area contributed by atoms with Crippen LogP contribution in [0.3, 0.4) is 0 Å². The molecule has 3 rings (SSSR count). The number of rotatable bonds is 5. The Morgan fingerprint density at radius 1 is 1.11 bits per heavy atom. The molecule has 1 aliphatic heterocycles. The number of aromatic nitrogens is 2. The standard InChI is InChI=1S/C21H28N4O2/c1-15(2)27-19-11-7-6-10-17(19)23-21-22-16(3)14-18(24-21)20(26)25-12-8-4-5-9-13-25/h6-7,10-11,14-15H,4-5,8-9,12-13H2,1-3H3,(H,22,23,24). The summed E-state index contributed by atoms with van der Waals surface area (Å²) in [5.74, 6) is 1.13. The lowest BCUT2D eigenvalue weighted by Crippen LogP contribution is -2.32. The first kappa shape index (κ1) is 19.1. The van der Waals surface area contributed by atoms with E-state index in [1.807, 2.05) is 49.9 Å². The average molecular weight is 368 g/mol. The molecule has 1 fully saturated rings. The van der Waals surface area contributed by atoms with Crippen molar-refractivity contribution in [2.45, 2.75) is 52.6 Å². The first-order valence-electron chi connectivity index (χ1n) is 9.70. The Morgan fingerprint density at radius 3 is 2.52 bits per heavy atom. The Balaban J connectivity index is 1.82. The third kappa shape index (κ3) is 5.18. The van der Waals surface area contributed by atoms with E-state index < -0.39 is 0 Å². The maximum absolute atomic E-state index is 12.9. The molecule has 144 valence electrons. The summed E-state index contributed by atoms with van der Waals surface area (Å²) in [5, 5.41) is 3.21. The van der Waals surface area contributed by atoms with Gasteiger partial charge in [-0.25, -0.2) is 9.97 Å². The molecule has 0 unspecified atom stereocenters. The fraction of sp³-hybridized carbons (Fsp3) is 0.476. The Bertz CT molecular complexity index is 784. The molecule has 0 aliphatic carbocycles. The molecular weight excluding hydrogens is 340 g/mol. The van der Waals surface area contributed by atoms with Crippen molar-refractivity contribution in [1.82, 2.24) is 14.9 Å². The van der Waals surface area contributed by atoms with Crippen molar-refractivity contribution in [2.24, 2.45) is 0 Å².